The maximum atomic E-state index is 11.5. The lowest BCUT2D eigenvalue weighted by atomic mass is 9.99. The molecule has 3 heteroatoms. The van der Waals surface area contributed by atoms with Crippen LogP contribution < -0.4 is 0 Å². The number of ether oxygens (including phenoxy) is 1. The van der Waals surface area contributed by atoms with Crippen molar-refractivity contribution in [2.75, 3.05) is 0 Å². The van der Waals surface area contributed by atoms with Gasteiger partial charge >= 0.3 is 11.9 Å². The molecular weight excluding hydrogens is 192 g/mol. The topological polar surface area (TPSA) is 43.4 Å². The monoisotopic (exact) mass is 214 g/mol. The molecule has 0 aliphatic heterocycles. The quantitative estimate of drug-likeness (QED) is 0.522. The van der Waals surface area contributed by atoms with Gasteiger partial charge in [0.2, 0.25) is 0 Å². The molecule has 15 heavy (non-hydrogen) atoms. The fourth-order valence-electron chi connectivity index (χ4n) is 1.27. The molecule has 0 heterocycles. The van der Waals surface area contributed by atoms with Crippen molar-refractivity contribution in [3.63, 3.8) is 0 Å². The molecule has 0 saturated carbocycles. The fraction of sp³-hybridized carbons (Fsp3) is 0.833. The fourth-order valence-corrected chi connectivity index (χ4v) is 1.27. The van der Waals surface area contributed by atoms with E-state index in [2.05, 4.69) is 0 Å². The van der Waals surface area contributed by atoms with Crippen LogP contribution in [0.1, 0.15) is 47.5 Å². The van der Waals surface area contributed by atoms with Crippen LogP contribution in [-0.4, -0.2) is 11.9 Å². The summed E-state index contributed by atoms with van der Waals surface area (Å²) in [7, 11) is 0. The number of hydrogen-bond donors (Lipinski definition) is 0. The molecule has 3 nitrogen and oxygen atoms in total. The summed E-state index contributed by atoms with van der Waals surface area (Å²) in [5.74, 6) is -0.753. The SMILES string of the molecule is CCC(C)C(=O)OC(=O)C(C)CC(C)C. The van der Waals surface area contributed by atoms with Crippen LogP contribution in [0, 0.1) is 17.8 Å². The number of rotatable bonds is 5. The second-order valence-electron chi connectivity index (χ2n) is 4.58. The zero-order valence-electron chi connectivity index (χ0n) is 10.4. The van der Waals surface area contributed by atoms with Crippen LogP contribution in [0.5, 0.6) is 0 Å². The summed E-state index contributed by atoms with van der Waals surface area (Å²) >= 11 is 0. The number of carbonyl (C=O) groups excluding carboxylic acids is 2. The summed E-state index contributed by atoms with van der Waals surface area (Å²) in [6.45, 7) is 9.55. The molecule has 0 fully saturated rings. The highest BCUT2D eigenvalue weighted by Gasteiger charge is 2.21. The molecule has 2 atom stereocenters. The van der Waals surface area contributed by atoms with Crippen molar-refractivity contribution in [1.82, 2.24) is 0 Å². The molecule has 0 spiro atoms. The predicted molar refractivity (Wildman–Crippen MR) is 59.2 cm³/mol. The lowest BCUT2D eigenvalue weighted by Crippen LogP contribution is -2.23. The Balaban J connectivity index is 4.07. The highest BCUT2D eigenvalue weighted by molar-refractivity contribution is 5.87. The molecule has 0 amide bonds. The first-order valence-electron chi connectivity index (χ1n) is 5.64. The first-order chi connectivity index (χ1) is 6.88. The first-order valence-corrected chi connectivity index (χ1v) is 5.64. The first kappa shape index (κ1) is 14.1. The van der Waals surface area contributed by atoms with Crippen LogP contribution in [0.2, 0.25) is 0 Å². The minimum atomic E-state index is -0.405. The van der Waals surface area contributed by atoms with E-state index in [4.69, 9.17) is 4.74 Å². The average Bonchev–Trinajstić information content (AvgIpc) is 2.15. The lowest BCUT2D eigenvalue weighted by molar-refractivity contribution is -0.165. The maximum Gasteiger partial charge on any atom is 0.316 e. The zero-order chi connectivity index (χ0) is 12.0. The smallest absolute Gasteiger partial charge is 0.316 e. The van der Waals surface area contributed by atoms with Gasteiger partial charge in [-0.2, -0.15) is 0 Å². The van der Waals surface area contributed by atoms with Gasteiger partial charge in [-0.25, -0.2) is 0 Å². The van der Waals surface area contributed by atoms with Crippen molar-refractivity contribution in [3.05, 3.63) is 0 Å². The molecule has 0 bridgehead atoms. The summed E-state index contributed by atoms with van der Waals surface area (Å²) < 4.78 is 4.79. The van der Waals surface area contributed by atoms with Gasteiger partial charge in [0.15, 0.2) is 0 Å². The molecule has 0 aromatic heterocycles. The average molecular weight is 214 g/mol. The van der Waals surface area contributed by atoms with Crippen molar-refractivity contribution >= 4 is 11.9 Å². The molecule has 88 valence electrons. The number of hydrogen-bond acceptors (Lipinski definition) is 3. The highest BCUT2D eigenvalue weighted by atomic mass is 16.6. The van der Waals surface area contributed by atoms with Crippen LogP contribution in [0.25, 0.3) is 0 Å². The summed E-state index contributed by atoms with van der Waals surface area (Å²) in [5.41, 5.74) is 0. The second-order valence-corrected chi connectivity index (χ2v) is 4.58. The summed E-state index contributed by atoms with van der Waals surface area (Å²) in [6.07, 6.45) is 1.46. The van der Waals surface area contributed by atoms with Crippen molar-refractivity contribution in [1.29, 1.82) is 0 Å². The van der Waals surface area contributed by atoms with Crippen LogP contribution in [0.3, 0.4) is 0 Å². The Bertz CT molecular complexity index is 221. The standard InChI is InChI=1S/C12H22O3/c1-6-9(4)11(13)15-12(14)10(5)7-8(2)3/h8-10H,6-7H2,1-5H3. The van der Waals surface area contributed by atoms with Gasteiger partial charge in [-0.1, -0.05) is 34.6 Å². The van der Waals surface area contributed by atoms with Crippen molar-refractivity contribution in [3.8, 4) is 0 Å². The van der Waals surface area contributed by atoms with Crippen molar-refractivity contribution in [2.24, 2.45) is 17.8 Å². The van der Waals surface area contributed by atoms with Crippen LogP contribution in [0.4, 0.5) is 0 Å². The molecule has 0 aromatic carbocycles. The maximum absolute atomic E-state index is 11.5. The molecule has 0 radical (unpaired) electrons. The third kappa shape index (κ3) is 5.55. The Morgan fingerprint density at radius 1 is 1.00 bits per heavy atom. The summed E-state index contributed by atoms with van der Waals surface area (Å²) in [6, 6.07) is 0. The van der Waals surface area contributed by atoms with Gasteiger partial charge in [-0.3, -0.25) is 9.59 Å². The summed E-state index contributed by atoms with van der Waals surface area (Å²) in [4.78, 5) is 22.8. The largest absolute Gasteiger partial charge is 0.393 e. The van der Waals surface area contributed by atoms with Gasteiger partial charge in [-0.15, -0.1) is 0 Å². The van der Waals surface area contributed by atoms with E-state index < -0.39 is 11.9 Å². The Kier molecular flexibility index (Phi) is 6.21. The van der Waals surface area contributed by atoms with Gasteiger partial charge in [0.1, 0.15) is 0 Å². The molecule has 2 unspecified atom stereocenters. The minimum Gasteiger partial charge on any atom is -0.393 e. The van der Waals surface area contributed by atoms with E-state index in [0.717, 1.165) is 6.42 Å². The van der Waals surface area contributed by atoms with E-state index in [1.807, 2.05) is 20.8 Å². The van der Waals surface area contributed by atoms with Gasteiger partial charge in [0, 0.05) is 0 Å². The van der Waals surface area contributed by atoms with Crippen molar-refractivity contribution < 1.29 is 14.3 Å². The second kappa shape index (κ2) is 6.59. The Morgan fingerprint density at radius 3 is 1.87 bits per heavy atom. The Hall–Kier alpha value is -0.860. The molecule has 0 N–H and O–H groups in total. The highest BCUT2D eigenvalue weighted by Crippen LogP contribution is 2.14. The Labute approximate surface area is 92.2 Å². The van der Waals surface area contributed by atoms with Crippen LogP contribution >= 0.6 is 0 Å². The van der Waals surface area contributed by atoms with Crippen LogP contribution in [0.15, 0.2) is 0 Å². The van der Waals surface area contributed by atoms with E-state index in [-0.39, 0.29) is 11.8 Å². The van der Waals surface area contributed by atoms with E-state index in [1.54, 1.807) is 13.8 Å². The molecule has 0 aliphatic rings. The molecule has 0 saturated heterocycles. The van der Waals surface area contributed by atoms with Crippen molar-refractivity contribution in [2.45, 2.75) is 47.5 Å². The third-order valence-corrected chi connectivity index (χ3v) is 2.44. The number of esters is 2. The molecular formula is C12H22O3. The van der Waals surface area contributed by atoms with Gasteiger partial charge in [0.05, 0.1) is 11.8 Å². The molecule has 0 rings (SSSR count). The van der Waals surface area contributed by atoms with E-state index in [9.17, 15) is 9.59 Å². The van der Waals surface area contributed by atoms with E-state index >= 15 is 0 Å². The predicted octanol–water partition coefficient (Wildman–Crippen LogP) is 2.78. The zero-order valence-corrected chi connectivity index (χ0v) is 10.4. The van der Waals surface area contributed by atoms with Crippen LogP contribution in [-0.2, 0) is 14.3 Å². The minimum absolute atomic E-state index is 0.194. The molecule has 0 aliphatic carbocycles. The number of carbonyl (C=O) groups is 2. The molecule has 0 aromatic rings. The van der Waals surface area contributed by atoms with E-state index in [1.165, 1.54) is 0 Å². The third-order valence-electron chi connectivity index (χ3n) is 2.44. The Morgan fingerprint density at radius 2 is 1.47 bits per heavy atom. The summed E-state index contributed by atoms with van der Waals surface area (Å²) in [5, 5.41) is 0. The normalized spacial score (nSPS) is 14.8. The van der Waals surface area contributed by atoms with Gasteiger partial charge in [-0.05, 0) is 18.8 Å². The van der Waals surface area contributed by atoms with Gasteiger partial charge in [0.25, 0.3) is 0 Å². The lowest BCUT2D eigenvalue weighted by Gasteiger charge is -2.13. The van der Waals surface area contributed by atoms with Gasteiger partial charge < -0.3 is 4.74 Å². The van der Waals surface area contributed by atoms with E-state index in [0.29, 0.717) is 12.3 Å².